The van der Waals surface area contributed by atoms with Crippen molar-refractivity contribution in [2.45, 2.75) is 38.5 Å². The number of ether oxygens (including phenoxy) is 2. The van der Waals surface area contributed by atoms with Crippen molar-refractivity contribution in [1.82, 2.24) is 14.9 Å². The summed E-state index contributed by atoms with van der Waals surface area (Å²) in [4.78, 5) is 25.2. The van der Waals surface area contributed by atoms with Crippen molar-refractivity contribution in [3.8, 4) is 24.3 Å². The van der Waals surface area contributed by atoms with Crippen LogP contribution in [0.4, 0.5) is 16.2 Å². The lowest BCUT2D eigenvalue weighted by atomic mass is 10.0. The highest BCUT2D eigenvalue weighted by Crippen LogP contribution is 2.37. The Bertz CT molecular complexity index is 999. The summed E-state index contributed by atoms with van der Waals surface area (Å²) in [6.07, 6.45) is 14.7. The summed E-state index contributed by atoms with van der Waals surface area (Å²) in [6, 6.07) is 1.58. The minimum atomic E-state index is -0.632. The van der Waals surface area contributed by atoms with E-state index >= 15 is 4.39 Å². The van der Waals surface area contributed by atoms with Crippen molar-refractivity contribution < 1.29 is 18.7 Å². The van der Waals surface area contributed by atoms with E-state index in [4.69, 9.17) is 15.2 Å². The molecule has 2 N–H and O–H groups in total. The number of nitrogens with two attached hydrogens (primary N) is 1. The molecule has 1 aromatic carbocycles. The van der Waals surface area contributed by atoms with Gasteiger partial charge in [-0.15, -0.1) is 12.8 Å². The van der Waals surface area contributed by atoms with Crippen molar-refractivity contribution in [2.75, 3.05) is 51.0 Å². The molecule has 178 valence electrons. The molecule has 2 fully saturated rings. The Morgan fingerprint density at radius 2 is 1.82 bits per heavy atom. The minimum absolute atomic E-state index is 0.0169. The van der Waals surface area contributed by atoms with Crippen molar-refractivity contribution in [3.63, 3.8) is 0 Å². The molecule has 2 heterocycles. The number of methoxy groups -OCH3 is 2. The third-order valence-corrected chi connectivity index (χ3v) is 6.45. The molecule has 2 aliphatic rings. The molecule has 1 saturated heterocycles. The predicted molar refractivity (Wildman–Crippen MR) is 127 cm³/mol. The first kappa shape index (κ1) is 24.4. The summed E-state index contributed by atoms with van der Waals surface area (Å²) in [6.45, 7) is 2.35. The summed E-state index contributed by atoms with van der Waals surface area (Å²) in [7, 11) is 2.81. The summed E-state index contributed by atoms with van der Waals surface area (Å²) in [5.74, 6) is 1.05. The van der Waals surface area contributed by atoms with Gasteiger partial charge in [-0.25, -0.2) is 9.37 Å². The monoisotopic (exact) mass is 457 g/mol. The molecule has 1 amide bonds. The molecule has 33 heavy (non-hydrogen) atoms. The van der Waals surface area contributed by atoms with E-state index in [9.17, 15) is 4.79 Å². The number of amides is 1. The molecule has 4 rings (SSSR count). The van der Waals surface area contributed by atoms with Crippen LogP contribution in [0.1, 0.15) is 38.5 Å². The van der Waals surface area contributed by atoms with Gasteiger partial charge in [0.15, 0.2) is 17.3 Å². The maximum Gasteiger partial charge on any atom is 0.228 e. The Morgan fingerprint density at radius 1 is 1.15 bits per heavy atom. The van der Waals surface area contributed by atoms with Crippen LogP contribution in [0.25, 0.3) is 10.9 Å². The molecule has 0 unspecified atom stereocenters. The third kappa shape index (κ3) is 5.21. The van der Waals surface area contributed by atoms with Gasteiger partial charge in [0, 0.05) is 38.0 Å². The van der Waals surface area contributed by atoms with E-state index in [1.807, 2.05) is 9.80 Å². The molecule has 1 saturated carbocycles. The average Bonchev–Trinajstić information content (AvgIpc) is 3.38. The van der Waals surface area contributed by atoms with Crippen LogP contribution in [0.3, 0.4) is 0 Å². The molecule has 0 radical (unpaired) electrons. The normalized spacial score (nSPS) is 16.4. The Labute approximate surface area is 194 Å². The number of rotatable bonds is 6. The second-order valence-electron chi connectivity index (χ2n) is 8.29. The molecule has 8 nitrogen and oxygen atoms in total. The third-order valence-electron chi connectivity index (χ3n) is 6.45. The molecule has 1 aliphatic carbocycles. The van der Waals surface area contributed by atoms with Gasteiger partial charge in [-0.2, -0.15) is 4.98 Å². The van der Waals surface area contributed by atoms with Gasteiger partial charge >= 0.3 is 0 Å². The number of hydrogen-bond acceptors (Lipinski definition) is 7. The van der Waals surface area contributed by atoms with Gasteiger partial charge in [0.25, 0.3) is 0 Å². The molecule has 0 bridgehead atoms. The number of fused-ring (bicyclic) bond motifs is 1. The van der Waals surface area contributed by atoms with Crippen molar-refractivity contribution >= 4 is 28.6 Å². The summed E-state index contributed by atoms with van der Waals surface area (Å²) < 4.78 is 25.3. The number of nitrogen functional groups attached to an aromatic ring is 1. The van der Waals surface area contributed by atoms with E-state index in [1.54, 1.807) is 6.07 Å². The van der Waals surface area contributed by atoms with Gasteiger partial charge in [-0.3, -0.25) is 4.79 Å². The Balaban J connectivity index is 0.00000149. The number of hydrogen-bond donors (Lipinski definition) is 1. The highest BCUT2D eigenvalue weighted by molar-refractivity contribution is 5.92. The lowest BCUT2D eigenvalue weighted by Crippen LogP contribution is -2.49. The van der Waals surface area contributed by atoms with Gasteiger partial charge in [-0.05, 0) is 18.4 Å². The zero-order valence-corrected chi connectivity index (χ0v) is 19.3. The van der Waals surface area contributed by atoms with Crippen LogP contribution in [0.5, 0.6) is 11.5 Å². The number of terminal acetylenes is 1. The Hall–Kier alpha value is -3.28. The maximum atomic E-state index is 15.0. The molecular formula is C24H32FN5O3. The van der Waals surface area contributed by atoms with Crippen LogP contribution in [-0.2, 0) is 4.79 Å². The van der Waals surface area contributed by atoms with Crippen molar-refractivity contribution in [1.29, 1.82) is 0 Å². The predicted octanol–water partition coefficient (Wildman–Crippen LogP) is 3.24. The van der Waals surface area contributed by atoms with Gasteiger partial charge in [0.2, 0.25) is 11.9 Å². The standard InChI is InChI=1S/C22H30FN5O3.C2H2/c1-30-16-13-15-19(18(23)20(16)31-2)25-22(26-21(15)24)28-11-9-27(10-12-28)17(29)8-7-14-5-3-4-6-14;1-2/h13-14H,3-12H2,1-2H3,(H2,24,25,26);1-2H. The fourth-order valence-electron chi connectivity index (χ4n) is 4.62. The number of carbonyl (C=O) groups is 1. The van der Waals surface area contributed by atoms with Crippen molar-refractivity contribution in [3.05, 3.63) is 11.9 Å². The number of anilines is 2. The second-order valence-corrected chi connectivity index (χ2v) is 8.29. The second kappa shape index (κ2) is 11.0. The SMILES string of the molecule is C#C.COc1cc2c(N)nc(N3CCN(C(=O)CCC4CCCC4)CC3)nc2c(F)c1OC. The van der Waals surface area contributed by atoms with Crippen LogP contribution in [0, 0.1) is 24.6 Å². The molecule has 2 aromatic rings. The van der Waals surface area contributed by atoms with Gasteiger partial charge in [0.05, 0.1) is 14.2 Å². The Morgan fingerprint density at radius 3 is 2.42 bits per heavy atom. The summed E-state index contributed by atoms with van der Waals surface area (Å²) in [5, 5.41) is 0.375. The topological polar surface area (TPSA) is 93.8 Å². The summed E-state index contributed by atoms with van der Waals surface area (Å²) >= 11 is 0. The number of carbonyl (C=O) groups excluding carboxylic acids is 1. The fourth-order valence-corrected chi connectivity index (χ4v) is 4.62. The number of piperazine rings is 1. The van der Waals surface area contributed by atoms with E-state index in [0.717, 1.165) is 6.42 Å². The van der Waals surface area contributed by atoms with Gasteiger partial charge < -0.3 is 25.0 Å². The van der Waals surface area contributed by atoms with E-state index in [1.165, 1.54) is 39.9 Å². The number of aromatic nitrogens is 2. The first-order valence-electron chi connectivity index (χ1n) is 11.3. The lowest BCUT2D eigenvalue weighted by Gasteiger charge is -2.35. The molecule has 1 aromatic heterocycles. The average molecular weight is 458 g/mol. The summed E-state index contributed by atoms with van der Waals surface area (Å²) in [5.41, 5.74) is 6.21. The van der Waals surface area contributed by atoms with E-state index in [2.05, 4.69) is 22.8 Å². The zero-order chi connectivity index (χ0) is 24.0. The molecule has 0 spiro atoms. The van der Waals surface area contributed by atoms with Crippen LogP contribution < -0.4 is 20.1 Å². The smallest absolute Gasteiger partial charge is 0.228 e. The largest absolute Gasteiger partial charge is 0.493 e. The Kier molecular flexibility index (Phi) is 8.15. The van der Waals surface area contributed by atoms with E-state index in [0.29, 0.717) is 49.9 Å². The first-order chi connectivity index (χ1) is 16.0. The van der Waals surface area contributed by atoms with Crippen molar-refractivity contribution in [2.24, 2.45) is 5.92 Å². The molecule has 0 atom stereocenters. The van der Waals surface area contributed by atoms with Gasteiger partial charge in [0.1, 0.15) is 11.3 Å². The lowest BCUT2D eigenvalue weighted by molar-refractivity contribution is -0.131. The highest BCUT2D eigenvalue weighted by Gasteiger charge is 2.26. The number of benzene rings is 1. The fraction of sp³-hybridized carbons (Fsp3) is 0.542. The molecule has 1 aliphatic heterocycles. The van der Waals surface area contributed by atoms with Crippen LogP contribution in [0.2, 0.25) is 0 Å². The minimum Gasteiger partial charge on any atom is -0.493 e. The van der Waals surface area contributed by atoms with E-state index in [-0.39, 0.29) is 28.7 Å². The van der Waals surface area contributed by atoms with Crippen LogP contribution >= 0.6 is 0 Å². The van der Waals surface area contributed by atoms with Gasteiger partial charge in [-0.1, -0.05) is 25.7 Å². The molecule has 9 heteroatoms. The highest BCUT2D eigenvalue weighted by atomic mass is 19.1. The van der Waals surface area contributed by atoms with E-state index < -0.39 is 5.82 Å². The number of halogens is 1. The number of nitrogens with zero attached hydrogens (tertiary/aromatic N) is 4. The van der Waals surface area contributed by atoms with Crippen LogP contribution in [-0.4, -0.2) is 61.2 Å². The molecular weight excluding hydrogens is 425 g/mol. The van der Waals surface area contributed by atoms with Crippen LogP contribution in [0.15, 0.2) is 6.07 Å². The quantitative estimate of drug-likeness (QED) is 0.666. The maximum absolute atomic E-state index is 15.0. The zero-order valence-electron chi connectivity index (χ0n) is 19.3. The first-order valence-corrected chi connectivity index (χ1v) is 11.3.